The van der Waals surface area contributed by atoms with Crippen molar-refractivity contribution in [1.29, 1.82) is 0 Å². The van der Waals surface area contributed by atoms with Crippen LogP contribution < -0.4 is 5.73 Å². The van der Waals surface area contributed by atoms with Gasteiger partial charge in [-0.2, -0.15) is 0 Å². The molecule has 1 atom stereocenters. The fourth-order valence-electron chi connectivity index (χ4n) is 1.87. The van der Waals surface area contributed by atoms with Gasteiger partial charge in [0, 0.05) is 11.0 Å². The van der Waals surface area contributed by atoms with Gasteiger partial charge >= 0.3 is 0 Å². The van der Waals surface area contributed by atoms with E-state index in [1.54, 1.807) is 0 Å². The third-order valence-corrected chi connectivity index (χ3v) is 3.85. The first-order chi connectivity index (χ1) is 9.20. The number of hydrogen-bond donors (Lipinski definition) is 1. The molecule has 3 heteroatoms. The molecule has 0 heterocycles. The molecule has 0 spiro atoms. The highest BCUT2D eigenvalue weighted by molar-refractivity contribution is 9.10. The molecule has 1 unspecified atom stereocenters. The maximum atomic E-state index is 5.91. The molecule has 2 nitrogen and oxygen atoms in total. The average molecular weight is 320 g/mol. The van der Waals surface area contributed by atoms with Crippen molar-refractivity contribution in [2.24, 2.45) is 5.73 Å². The highest BCUT2D eigenvalue weighted by Gasteiger charge is 2.07. The summed E-state index contributed by atoms with van der Waals surface area (Å²) in [6.07, 6.45) is 0.0854. The Bertz CT molecular complexity index is 528. The Hall–Kier alpha value is -1.16. The van der Waals surface area contributed by atoms with Gasteiger partial charge in [0.2, 0.25) is 0 Å². The van der Waals surface area contributed by atoms with E-state index in [-0.39, 0.29) is 6.10 Å². The van der Waals surface area contributed by atoms with Crippen molar-refractivity contribution < 1.29 is 4.74 Å². The zero-order valence-corrected chi connectivity index (χ0v) is 12.6. The molecular weight excluding hydrogens is 302 g/mol. The van der Waals surface area contributed by atoms with Crippen molar-refractivity contribution in [3.05, 3.63) is 69.7 Å². The molecule has 0 amide bonds. The van der Waals surface area contributed by atoms with Crippen LogP contribution in [0.5, 0.6) is 0 Å². The molecule has 0 aliphatic heterocycles. The first-order valence-electron chi connectivity index (χ1n) is 6.34. The van der Waals surface area contributed by atoms with E-state index in [0.29, 0.717) is 13.2 Å². The first kappa shape index (κ1) is 14.3. The summed E-state index contributed by atoms with van der Waals surface area (Å²) in [5.74, 6) is 0. The van der Waals surface area contributed by atoms with Gasteiger partial charge in [-0.15, -0.1) is 0 Å². The SMILES string of the molecule is CC(OCc1ccc(CN)cc1Br)c1ccccc1. The van der Waals surface area contributed by atoms with Gasteiger partial charge in [-0.25, -0.2) is 0 Å². The molecule has 0 bridgehead atoms. The number of benzene rings is 2. The summed E-state index contributed by atoms with van der Waals surface area (Å²) in [4.78, 5) is 0. The van der Waals surface area contributed by atoms with Gasteiger partial charge in [0.25, 0.3) is 0 Å². The highest BCUT2D eigenvalue weighted by atomic mass is 79.9. The van der Waals surface area contributed by atoms with E-state index in [0.717, 1.165) is 15.6 Å². The molecule has 2 N–H and O–H groups in total. The monoisotopic (exact) mass is 319 g/mol. The van der Waals surface area contributed by atoms with Gasteiger partial charge in [0.05, 0.1) is 12.7 Å². The van der Waals surface area contributed by atoms with Crippen LogP contribution >= 0.6 is 15.9 Å². The van der Waals surface area contributed by atoms with E-state index in [1.165, 1.54) is 5.56 Å². The summed E-state index contributed by atoms with van der Waals surface area (Å²) in [7, 11) is 0. The van der Waals surface area contributed by atoms with Crippen molar-refractivity contribution >= 4 is 15.9 Å². The summed E-state index contributed by atoms with van der Waals surface area (Å²) >= 11 is 3.56. The van der Waals surface area contributed by atoms with Gasteiger partial charge in [0.1, 0.15) is 0 Å². The Kier molecular flexibility index (Phi) is 5.14. The summed E-state index contributed by atoms with van der Waals surface area (Å²) in [5.41, 5.74) is 9.06. The standard InChI is InChI=1S/C16H18BrNO/c1-12(14-5-3-2-4-6-14)19-11-15-8-7-13(10-18)9-16(15)17/h2-9,12H,10-11,18H2,1H3. The van der Waals surface area contributed by atoms with Crippen molar-refractivity contribution in [3.8, 4) is 0 Å². The first-order valence-corrected chi connectivity index (χ1v) is 7.14. The fraction of sp³-hybridized carbons (Fsp3) is 0.250. The molecule has 0 fully saturated rings. The molecule has 0 radical (unpaired) electrons. The van der Waals surface area contributed by atoms with Crippen LogP contribution in [0.25, 0.3) is 0 Å². The molecule has 2 aromatic rings. The molecule has 0 aliphatic carbocycles. The number of nitrogens with two attached hydrogens (primary N) is 1. The van der Waals surface area contributed by atoms with Gasteiger partial charge in [0.15, 0.2) is 0 Å². The topological polar surface area (TPSA) is 35.2 Å². The molecule has 0 saturated carbocycles. The van der Waals surface area contributed by atoms with Crippen LogP contribution in [0.2, 0.25) is 0 Å². The van der Waals surface area contributed by atoms with E-state index in [1.807, 2.05) is 30.3 Å². The van der Waals surface area contributed by atoms with E-state index < -0.39 is 0 Å². The lowest BCUT2D eigenvalue weighted by atomic mass is 10.1. The van der Waals surface area contributed by atoms with Crippen molar-refractivity contribution in [2.75, 3.05) is 0 Å². The normalized spacial score (nSPS) is 12.4. The van der Waals surface area contributed by atoms with Gasteiger partial charge < -0.3 is 10.5 Å². The minimum absolute atomic E-state index is 0.0854. The number of rotatable bonds is 5. The lowest BCUT2D eigenvalue weighted by Crippen LogP contribution is -2.02. The zero-order chi connectivity index (χ0) is 13.7. The average Bonchev–Trinajstić information content (AvgIpc) is 2.46. The highest BCUT2D eigenvalue weighted by Crippen LogP contribution is 2.23. The van der Waals surface area contributed by atoms with E-state index in [2.05, 4.69) is 41.1 Å². The lowest BCUT2D eigenvalue weighted by Gasteiger charge is -2.14. The Balaban J connectivity index is 1.99. The molecular formula is C16H18BrNO. The van der Waals surface area contributed by atoms with Crippen molar-refractivity contribution in [2.45, 2.75) is 26.2 Å². The zero-order valence-electron chi connectivity index (χ0n) is 11.0. The van der Waals surface area contributed by atoms with E-state index in [9.17, 15) is 0 Å². The van der Waals surface area contributed by atoms with Crippen LogP contribution in [0.1, 0.15) is 29.7 Å². The fourth-order valence-corrected chi connectivity index (χ4v) is 2.41. The quantitative estimate of drug-likeness (QED) is 0.897. The van der Waals surface area contributed by atoms with Crippen LogP contribution in [0.3, 0.4) is 0 Å². The summed E-state index contributed by atoms with van der Waals surface area (Å²) in [6, 6.07) is 16.4. The van der Waals surface area contributed by atoms with Gasteiger partial charge in [-0.3, -0.25) is 0 Å². The van der Waals surface area contributed by atoms with E-state index >= 15 is 0 Å². The maximum absolute atomic E-state index is 5.91. The molecule has 2 rings (SSSR count). The summed E-state index contributed by atoms with van der Waals surface area (Å²) in [6.45, 7) is 3.21. The second-order valence-electron chi connectivity index (χ2n) is 4.49. The molecule has 100 valence electrons. The molecule has 19 heavy (non-hydrogen) atoms. The third kappa shape index (κ3) is 3.90. The Labute approximate surface area is 122 Å². The molecule has 0 saturated heterocycles. The Morgan fingerprint density at radius 3 is 2.53 bits per heavy atom. The second kappa shape index (κ2) is 6.85. The molecule has 2 aromatic carbocycles. The smallest absolute Gasteiger partial charge is 0.0801 e. The molecule has 0 aliphatic rings. The largest absolute Gasteiger partial charge is 0.369 e. The second-order valence-corrected chi connectivity index (χ2v) is 5.35. The predicted molar refractivity (Wildman–Crippen MR) is 81.7 cm³/mol. The van der Waals surface area contributed by atoms with Crippen molar-refractivity contribution in [3.63, 3.8) is 0 Å². The lowest BCUT2D eigenvalue weighted by molar-refractivity contribution is 0.0522. The Morgan fingerprint density at radius 1 is 1.16 bits per heavy atom. The minimum Gasteiger partial charge on any atom is -0.369 e. The number of hydrogen-bond acceptors (Lipinski definition) is 2. The van der Waals surface area contributed by atoms with Crippen LogP contribution in [0.4, 0.5) is 0 Å². The van der Waals surface area contributed by atoms with Crippen molar-refractivity contribution in [1.82, 2.24) is 0 Å². The number of halogens is 1. The van der Waals surface area contributed by atoms with Crippen LogP contribution in [-0.2, 0) is 17.9 Å². The maximum Gasteiger partial charge on any atom is 0.0801 e. The van der Waals surface area contributed by atoms with Gasteiger partial charge in [-0.1, -0.05) is 58.4 Å². The predicted octanol–water partition coefficient (Wildman–Crippen LogP) is 4.19. The minimum atomic E-state index is 0.0854. The van der Waals surface area contributed by atoms with Crippen LogP contribution in [0, 0.1) is 0 Å². The Morgan fingerprint density at radius 2 is 1.89 bits per heavy atom. The summed E-state index contributed by atoms with van der Waals surface area (Å²) < 4.78 is 6.96. The van der Waals surface area contributed by atoms with Crippen LogP contribution in [-0.4, -0.2) is 0 Å². The van der Waals surface area contributed by atoms with E-state index in [4.69, 9.17) is 10.5 Å². The third-order valence-electron chi connectivity index (χ3n) is 3.11. The number of ether oxygens (including phenoxy) is 1. The van der Waals surface area contributed by atoms with Crippen LogP contribution in [0.15, 0.2) is 53.0 Å². The van der Waals surface area contributed by atoms with Gasteiger partial charge in [-0.05, 0) is 29.7 Å². The molecule has 0 aromatic heterocycles. The summed E-state index contributed by atoms with van der Waals surface area (Å²) in [5, 5.41) is 0.